The highest BCUT2D eigenvalue weighted by atomic mass is 79.9. The summed E-state index contributed by atoms with van der Waals surface area (Å²) in [5.74, 6) is 0.677. The lowest BCUT2D eigenvalue weighted by molar-refractivity contribution is -0.122. The predicted octanol–water partition coefficient (Wildman–Crippen LogP) is 1.21. The molecule has 1 N–H and O–H groups in total. The van der Waals surface area contributed by atoms with Gasteiger partial charge in [-0.3, -0.25) is 4.79 Å². The highest BCUT2D eigenvalue weighted by molar-refractivity contribution is 9.10. The lowest BCUT2D eigenvalue weighted by Crippen LogP contribution is -2.38. The lowest BCUT2D eigenvalue weighted by atomic mass is 10.2. The number of thiol groups is 1. The third-order valence-electron chi connectivity index (χ3n) is 0.937. The standard InChI is InChI=1S/C6H12BrNOS/c1-6(2,7)5(9)8-3-4-10/h10H,3-4H2,1-2H3,(H,8,9). The van der Waals surface area contributed by atoms with E-state index in [0.29, 0.717) is 12.3 Å². The number of hydrogen-bond acceptors (Lipinski definition) is 2. The molecule has 0 rings (SSSR count). The topological polar surface area (TPSA) is 29.1 Å². The van der Waals surface area contributed by atoms with Gasteiger partial charge in [0.2, 0.25) is 5.91 Å². The Morgan fingerprint density at radius 3 is 2.50 bits per heavy atom. The Labute approximate surface area is 75.3 Å². The maximum Gasteiger partial charge on any atom is 0.236 e. The summed E-state index contributed by atoms with van der Waals surface area (Å²) in [5, 5.41) is 2.71. The van der Waals surface area contributed by atoms with E-state index in [1.807, 2.05) is 0 Å². The zero-order valence-corrected chi connectivity index (χ0v) is 8.63. The van der Waals surface area contributed by atoms with Crippen molar-refractivity contribution in [1.29, 1.82) is 0 Å². The molecular formula is C6H12BrNOS. The molecule has 0 fully saturated rings. The van der Waals surface area contributed by atoms with Crippen LogP contribution in [0.4, 0.5) is 0 Å². The Kier molecular flexibility index (Phi) is 4.36. The molecule has 0 heterocycles. The average molecular weight is 226 g/mol. The molecule has 1 amide bonds. The lowest BCUT2D eigenvalue weighted by Gasteiger charge is -2.14. The number of alkyl halides is 1. The highest BCUT2D eigenvalue weighted by Gasteiger charge is 2.22. The van der Waals surface area contributed by atoms with Crippen LogP contribution in [0.15, 0.2) is 0 Å². The summed E-state index contributed by atoms with van der Waals surface area (Å²) < 4.78 is -0.462. The van der Waals surface area contributed by atoms with Gasteiger partial charge in [-0.1, -0.05) is 15.9 Å². The van der Waals surface area contributed by atoms with Crippen molar-refractivity contribution in [2.45, 2.75) is 18.2 Å². The number of carbonyl (C=O) groups is 1. The van der Waals surface area contributed by atoms with Crippen LogP contribution in [0.2, 0.25) is 0 Å². The van der Waals surface area contributed by atoms with E-state index in [1.165, 1.54) is 0 Å². The Morgan fingerprint density at radius 2 is 2.20 bits per heavy atom. The molecule has 10 heavy (non-hydrogen) atoms. The third-order valence-corrected chi connectivity index (χ3v) is 1.52. The van der Waals surface area contributed by atoms with E-state index in [-0.39, 0.29) is 5.91 Å². The Balaban J connectivity index is 3.64. The monoisotopic (exact) mass is 225 g/mol. The summed E-state index contributed by atoms with van der Waals surface area (Å²) in [4.78, 5) is 11.0. The first-order chi connectivity index (χ1) is 4.48. The van der Waals surface area contributed by atoms with Gasteiger partial charge in [0, 0.05) is 12.3 Å². The summed E-state index contributed by atoms with van der Waals surface area (Å²) >= 11 is 7.20. The molecule has 2 nitrogen and oxygen atoms in total. The van der Waals surface area contributed by atoms with Crippen molar-refractivity contribution in [1.82, 2.24) is 5.32 Å². The van der Waals surface area contributed by atoms with E-state index in [4.69, 9.17) is 0 Å². The Morgan fingerprint density at radius 1 is 1.70 bits per heavy atom. The van der Waals surface area contributed by atoms with Gasteiger partial charge in [-0.05, 0) is 13.8 Å². The van der Waals surface area contributed by atoms with Crippen molar-refractivity contribution in [3.8, 4) is 0 Å². The summed E-state index contributed by atoms with van der Waals surface area (Å²) in [5.41, 5.74) is 0. The first-order valence-electron chi connectivity index (χ1n) is 3.06. The second-order valence-electron chi connectivity index (χ2n) is 2.45. The van der Waals surface area contributed by atoms with Gasteiger partial charge in [0.15, 0.2) is 0 Å². The first-order valence-corrected chi connectivity index (χ1v) is 4.49. The molecule has 0 spiro atoms. The van der Waals surface area contributed by atoms with Gasteiger partial charge in [0.25, 0.3) is 0 Å². The summed E-state index contributed by atoms with van der Waals surface area (Å²) in [6, 6.07) is 0. The fourth-order valence-electron chi connectivity index (χ4n) is 0.380. The Bertz CT molecular complexity index is 121. The fraction of sp³-hybridized carbons (Fsp3) is 0.833. The van der Waals surface area contributed by atoms with Crippen molar-refractivity contribution in [2.75, 3.05) is 12.3 Å². The molecule has 0 radical (unpaired) electrons. The molecule has 0 aliphatic rings. The van der Waals surface area contributed by atoms with Crippen molar-refractivity contribution in [3.05, 3.63) is 0 Å². The quantitative estimate of drug-likeness (QED) is 0.549. The van der Waals surface area contributed by atoms with Crippen molar-refractivity contribution < 1.29 is 4.79 Å². The molecule has 0 atom stereocenters. The van der Waals surface area contributed by atoms with Crippen LogP contribution >= 0.6 is 28.6 Å². The number of rotatable bonds is 3. The summed E-state index contributed by atoms with van der Waals surface area (Å²) in [6.07, 6.45) is 0. The third kappa shape index (κ3) is 4.17. The summed E-state index contributed by atoms with van der Waals surface area (Å²) in [7, 11) is 0. The van der Waals surface area contributed by atoms with Crippen LogP contribution in [0.25, 0.3) is 0 Å². The normalized spacial score (nSPS) is 11.2. The van der Waals surface area contributed by atoms with E-state index >= 15 is 0 Å². The molecule has 0 aliphatic heterocycles. The zero-order chi connectivity index (χ0) is 8.20. The number of amides is 1. The smallest absolute Gasteiger partial charge is 0.236 e. The second kappa shape index (κ2) is 4.23. The van der Waals surface area contributed by atoms with Crippen molar-refractivity contribution in [3.63, 3.8) is 0 Å². The Hall–Kier alpha value is 0.300. The van der Waals surface area contributed by atoms with E-state index in [9.17, 15) is 4.79 Å². The van der Waals surface area contributed by atoms with Gasteiger partial charge in [0.1, 0.15) is 0 Å². The van der Waals surface area contributed by atoms with Gasteiger partial charge in [-0.2, -0.15) is 12.6 Å². The number of carbonyl (C=O) groups excluding carboxylic acids is 1. The number of nitrogens with one attached hydrogen (secondary N) is 1. The number of halogens is 1. The SMILES string of the molecule is CC(C)(Br)C(=O)NCCS. The zero-order valence-electron chi connectivity index (χ0n) is 6.15. The van der Waals surface area contributed by atoms with Crippen LogP contribution in [-0.4, -0.2) is 22.5 Å². The molecule has 0 aliphatic carbocycles. The molecule has 0 saturated heterocycles. The van der Waals surface area contributed by atoms with Crippen LogP contribution in [0, 0.1) is 0 Å². The average Bonchev–Trinajstić information content (AvgIpc) is 1.80. The molecule has 0 bridgehead atoms. The van der Waals surface area contributed by atoms with Gasteiger partial charge >= 0.3 is 0 Å². The minimum atomic E-state index is -0.462. The van der Waals surface area contributed by atoms with E-state index in [1.54, 1.807) is 13.8 Å². The van der Waals surface area contributed by atoms with Crippen LogP contribution < -0.4 is 5.32 Å². The van der Waals surface area contributed by atoms with Crippen LogP contribution in [0.3, 0.4) is 0 Å². The molecule has 0 saturated carbocycles. The van der Waals surface area contributed by atoms with Crippen LogP contribution in [0.5, 0.6) is 0 Å². The maximum absolute atomic E-state index is 11.0. The van der Waals surface area contributed by atoms with Crippen molar-refractivity contribution >= 4 is 34.5 Å². The molecule has 0 aromatic carbocycles. The van der Waals surface area contributed by atoms with E-state index < -0.39 is 4.32 Å². The van der Waals surface area contributed by atoms with Gasteiger partial charge < -0.3 is 5.32 Å². The molecule has 0 aromatic rings. The minimum Gasteiger partial charge on any atom is -0.354 e. The largest absolute Gasteiger partial charge is 0.354 e. The van der Waals surface area contributed by atoms with Gasteiger partial charge in [-0.15, -0.1) is 0 Å². The highest BCUT2D eigenvalue weighted by Crippen LogP contribution is 2.14. The molecule has 4 heteroatoms. The molecular weight excluding hydrogens is 214 g/mol. The first kappa shape index (κ1) is 10.3. The van der Waals surface area contributed by atoms with Crippen LogP contribution in [-0.2, 0) is 4.79 Å². The summed E-state index contributed by atoms with van der Waals surface area (Å²) in [6.45, 7) is 4.23. The van der Waals surface area contributed by atoms with E-state index in [2.05, 4.69) is 33.9 Å². The van der Waals surface area contributed by atoms with Gasteiger partial charge in [-0.25, -0.2) is 0 Å². The van der Waals surface area contributed by atoms with Gasteiger partial charge in [0.05, 0.1) is 4.32 Å². The molecule has 0 aromatic heterocycles. The van der Waals surface area contributed by atoms with Crippen molar-refractivity contribution in [2.24, 2.45) is 0 Å². The minimum absolute atomic E-state index is 0.00144. The second-order valence-corrected chi connectivity index (χ2v) is 4.88. The van der Waals surface area contributed by atoms with Crippen LogP contribution in [0.1, 0.15) is 13.8 Å². The maximum atomic E-state index is 11.0. The molecule has 0 unspecified atom stereocenters. The predicted molar refractivity (Wildman–Crippen MR) is 49.9 cm³/mol. The fourth-order valence-corrected chi connectivity index (χ4v) is 0.632. The molecule has 60 valence electrons. The van der Waals surface area contributed by atoms with E-state index in [0.717, 1.165) is 0 Å². The number of hydrogen-bond donors (Lipinski definition) is 2.